The van der Waals surface area contributed by atoms with Crippen molar-refractivity contribution in [1.82, 2.24) is 14.5 Å². The number of nitrogens with one attached hydrogen (secondary N) is 1. The molecule has 0 unspecified atom stereocenters. The Morgan fingerprint density at radius 2 is 2.03 bits per heavy atom. The van der Waals surface area contributed by atoms with Gasteiger partial charge in [0.05, 0.1) is 21.5 Å². The van der Waals surface area contributed by atoms with Crippen LogP contribution in [0.2, 0.25) is 5.02 Å². The number of carbonyl (C=O) groups is 2. The number of anilines is 1. The lowest BCUT2D eigenvalue weighted by Crippen LogP contribution is -2.30. The first-order valence-corrected chi connectivity index (χ1v) is 10.5. The summed E-state index contributed by atoms with van der Waals surface area (Å²) in [5.74, 6) is -0.159. The Kier molecular flexibility index (Phi) is 5.99. The molecule has 160 valence electrons. The number of fused-ring (bicyclic) bond motifs is 2. The maximum Gasteiger partial charge on any atom is 0.338 e. The average molecular weight is 441 g/mol. The molecule has 0 saturated heterocycles. The van der Waals surface area contributed by atoms with Gasteiger partial charge in [-0.2, -0.15) is 0 Å². The van der Waals surface area contributed by atoms with Crippen molar-refractivity contribution in [3.63, 3.8) is 0 Å². The molecule has 0 saturated carbocycles. The van der Waals surface area contributed by atoms with E-state index in [1.807, 2.05) is 0 Å². The van der Waals surface area contributed by atoms with Crippen molar-refractivity contribution in [1.29, 1.82) is 0 Å². The summed E-state index contributed by atoms with van der Waals surface area (Å²) in [6, 6.07) is 7.78. The average Bonchev–Trinajstić information content (AvgIpc) is 3.00. The van der Waals surface area contributed by atoms with Crippen LogP contribution in [0.25, 0.3) is 10.9 Å². The van der Waals surface area contributed by atoms with Crippen molar-refractivity contribution in [2.24, 2.45) is 0 Å². The van der Waals surface area contributed by atoms with Crippen LogP contribution in [0, 0.1) is 0 Å². The Morgan fingerprint density at radius 1 is 1.19 bits per heavy atom. The normalized spacial score (nSPS) is 14.4. The zero-order chi connectivity index (χ0) is 22.0. The molecule has 1 N–H and O–H groups in total. The Labute approximate surface area is 183 Å². The number of esters is 1. The highest BCUT2D eigenvalue weighted by molar-refractivity contribution is 6.30. The number of carbonyl (C=O) groups excluding carboxylic acids is 2. The van der Waals surface area contributed by atoms with Crippen molar-refractivity contribution >= 4 is 40.2 Å². The van der Waals surface area contributed by atoms with Gasteiger partial charge in [-0.25, -0.2) is 14.8 Å². The topological polar surface area (TPSA) is 103 Å². The highest BCUT2D eigenvalue weighted by atomic mass is 35.5. The quantitative estimate of drug-likeness (QED) is 0.624. The van der Waals surface area contributed by atoms with Crippen LogP contribution < -0.4 is 10.9 Å². The molecule has 8 nitrogen and oxygen atoms in total. The van der Waals surface area contributed by atoms with Gasteiger partial charge in [0.2, 0.25) is 0 Å². The molecule has 9 heteroatoms. The van der Waals surface area contributed by atoms with E-state index >= 15 is 0 Å². The molecule has 0 radical (unpaired) electrons. The number of hydrogen-bond donors (Lipinski definition) is 1. The van der Waals surface area contributed by atoms with Gasteiger partial charge in [-0.05, 0) is 50.1 Å². The second-order valence-electron chi connectivity index (χ2n) is 7.43. The van der Waals surface area contributed by atoms with Crippen LogP contribution in [0.5, 0.6) is 0 Å². The minimum absolute atomic E-state index is 0.0926. The van der Waals surface area contributed by atoms with Gasteiger partial charge in [-0.3, -0.25) is 14.2 Å². The second-order valence-corrected chi connectivity index (χ2v) is 7.86. The molecule has 0 spiro atoms. The summed E-state index contributed by atoms with van der Waals surface area (Å²) in [4.78, 5) is 46.3. The number of pyridine rings is 1. The first kappa shape index (κ1) is 21.0. The summed E-state index contributed by atoms with van der Waals surface area (Å²) in [7, 11) is 0. The Bertz CT molecular complexity index is 1210. The van der Waals surface area contributed by atoms with E-state index in [0.717, 1.165) is 31.5 Å². The molecule has 1 aliphatic rings. The van der Waals surface area contributed by atoms with E-state index in [-0.39, 0.29) is 11.1 Å². The van der Waals surface area contributed by atoms with Gasteiger partial charge < -0.3 is 10.1 Å². The fourth-order valence-corrected chi connectivity index (χ4v) is 3.62. The maximum atomic E-state index is 12.8. The van der Waals surface area contributed by atoms with Crippen molar-refractivity contribution < 1.29 is 14.3 Å². The second kappa shape index (κ2) is 8.85. The van der Waals surface area contributed by atoms with E-state index in [1.54, 1.807) is 22.8 Å². The molecule has 2 aromatic heterocycles. The van der Waals surface area contributed by atoms with Gasteiger partial charge in [0, 0.05) is 19.2 Å². The molecule has 3 heterocycles. The molecule has 0 fully saturated rings. The number of halogens is 1. The van der Waals surface area contributed by atoms with E-state index in [0.29, 0.717) is 28.3 Å². The molecule has 1 aliphatic heterocycles. The molecule has 0 bridgehead atoms. The SMILES string of the molecule is C[C@@H](OC(=O)c1ccc2c(=O)n3c(nc2c1)CCCCC3)C(=O)Nc1ccc(Cl)cn1. The van der Waals surface area contributed by atoms with Gasteiger partial charge in [-0.1, -0.05) is 18.0 Å². The summed E-state index contributed by atoms with van der Waals surface area (Å²) in [6.07, 6.45) is 4.08. The van der Waals surface area contributed by atoms with E-state index in [1.165, 1.54) is 25.3 Å². The summed E-state index contributed by atoms with van der Waals surface area (Å²) in [6.45, 7) is 2.13. The van der Waals surface area contributed by atoms with Crippen LogP contribution in [-0.4, -0.2) is 32.5 Å². The van der Waals surface area contributed by atoms with E-state index in [2.05, 4.69) is 15.3 Å². The van der Waals surface area contributed by atoms with Crippen molar-refractivity contribution in [3.05, 3.63) is 63.3 Å². The maximum absolute atomic E-state index is 12.8. The Balaban J connectivity index is 1.51. The summed E-state index contributed by atoms with van der Waals surface area (Å²) < 4.78 is 7.02. The zero-order valence-electron chi connectivity index (χ0n) is 16.9. The fraction of sp³-hybridized carbons (Fsp3) is 0.318. The number of ether oxygens (including phenoxy) is 1. The van der Waals surface area contributed by atoms with Gasteiger partial charge >= 0.3 is 5.97 Å². The van der Waals surface area contributed by atoms with Crippen LogP contribution in [0.1, 0.15) is 42.4 Å². The molecule has 0 aliphatic carbocycles. The van der Waals surface area contributed by atoms with E-state index < -0.39 is 18.0 Å². The number of aromatic nitrogens is 3. The summed E-state index contributed by atoms with van der Waals surface area (Å²) >= 11 is 5.78. The lowest BCUT2D eigenvalue weighted by molar-refractivity contribution is -0.123. The standard InChI is InChI=1S/C22H21ClN4O4/c1-13(20(28)26-18-9-7-15(23)12-24-18)31-22(30)14-6-8-16-17(11-14)25-19-5-3-2-4-10-27(19)21(16)29/h6-9,11-13H,2-5,10H2,1H3,(H,24,26,28)/t13-/m1/s1. The number of amides is 1. The first-order chi connectivity index (χ1) is 14.9. The molecule has 1 atom stereocenters. The minimum Gasteiger partial charge on any atom is -0.449 e. The summed E-state index contributed by atoms with van der Waals surface area (Å²) in [5.41, 5.74) is 0.585. The van der Waals surface area contributed by atoms with Crippen LogP contribution >= 0.6 is 11.6 Å². The molecule has 3 aromatic rings. The van der Waals surface area contributed by atoms with Crippen LogP contribution in [0.4, 0.5) is 5.82 Å². The number of aryl methyl sites for hydroxylation is 1. The largest absolute Gasteiger partial charge is 0.449 e. The monoisotopic (exact) mass is 440 g/mol. The van der Waals surface area contributed by atoms with Gasteiger partial charge in [0.1, 0.15) is 11.6 Å². The third-order valence-corrected chi connectivity index (χ3v) is 5.41. The third kappa shape index (κ3) is 4.59. The van der Waals surface area contributed by atoms with Crippen LogP contribution in [0.3, 0.4) is 0 Å². The van der Waals surface area contributed by atoms with E-state index in [4.69, 9.17) is 16.3 Å². The number of nitrogens with zero attached hydrogens (tertiary/aromatic N) is 3. The molecular weight excluding hydrogens is 420 g/mol. The molecule has 1 aromatic carbocycles. The molecule has 31 heavy (non-hydrogen) atoms. The van der Waals surface area contributed by atoms with Crippen LogP contribution in [0.15, 0.2) is 41.3 Å². The zero-order valence-corrected chi connectivity index (χ0v) is 17.7. The van der Waals surface area contributed by atoms with Crippen molar-refractivity contribution in [2.45, 2.75) is 45.3 Å². The van der Waals surface area contributed by atoms with Gasteiger partial charge in [-0.15, -0.1) is 0 Å². The predicted molar refractivity (Wildman–Crippen MR) is 116 cm³/mol. The minimum atomic E-state index is -1.05. The lowest BCUT2D eigenvalue weighted by atomic mass is 10.1. The van der Waals surface area contributed by atoms with Crippen LogP contribution in [-0.2, 0) is 22.5 Å². The Hall–Kier alpha value is -3.26. The lowest BCUT2D eigenvalue weighted by Gasteiger charge is -2.14. The molecule has 1 amide bonds. The summed E-state index contributed by atoms with van der Waals surface area (Å²) in [5, 5.41) is 3.46. The fourth-order valence-electron chi connectivity index (χ4n) is 3.50. The third-order valence-electron chi connectivity index (χ3n) is 5.18. The molecular formula is C22H21ClN4O4. The van der Waals surface area contributed by atoms with Crippen molar-refractivity contribution in [2.75, 3.05) is 5.32 Å². The first-order valence-electron chi connectivity index (χ1n) is 10.1. The number of benzene rings is 1. The Morgan fingerprint density at radius 3 is 2.81 bits per heavy atom. The molecule has 4 rings (SSSR count). The van der Waals surface area contributed by atoms with Gasteiger partial charge in [0.25, 0.3) is 11.5 Å². The van der Waals surface area contributed by atoms with E-state index in [9.17, 15) is 14.4 Å². The highest BCUT2D eigenvalue weighted by Crippen LogP contribution is 2.17. The highest BCUT2D eigenvalue weighted by Gasteiger charge is 2.21. The predicted octanol–water partition coefficient (Wildman–Crippen LogP) is 3.36. The van der Waals surface area contributed by atoms with Gasteiger partial charge in [0.15, 0.2) is 6.10 Å². The number of rotatable bonds is 4. The number of hydrogen-bond acceptors (Lipinski definition) is 6. The smallest absolute Gasteiger partial charge is 0.338 e. The van der Waals surface area contributed by atoms with Crippen molar-refractivity contribution in [3.8, 4) is 0 Å².